The quantitative estimate of drug-likeness (QED) is 0.781. The number of thiophene rings is 1. The van der Waals surface area contributed by atoms with Gasteiger partial charge in [0.15, 0.2) is 18.1 Å². The van der Waals surface area contributed by atoms with Crippen molar-refractivity contribution in [1.82, 2.24) is 9.80 Å². The van der Waals surface area contributed by atoms with E-state index in [1.165, 1.54) is 18.4 Å². The van der Waals surface area contributed by atoms with Crippen LogP contribution in [0.2, 0.25) is 0 Å². The third-order valence-corrected chi connectivity index (χ3v) is 5.22. The van der Waals surface area contributed by atoms with Crippen molar-refractivity contribution in [2.24, 2.45) is 5.73 Å². The zero-order valence-electron chi connectivity index (χ0n) is 15.4. The molecule has 1 saturated heterocycles. The van der Waals surface area contributed by atoms with E-state index in [9.17, 15) is 14.4 Å². The molecule has 28 heavy (non-hydrogen) atoms. The van der Waals surface area contributed by atoms with Crippen LogP contribution in [0.5, 0.6) is 11.5 Å². The molecule has 0 radical (unpaired) electrons. The zero-order chi connectivity index (χ0) is 20.1. The molecule has 1 aliphatic rings. The molecule has 1 aromatic heterocycles. The summed E-state index contributed by atoms with van der Waals surface area (Å²) in [5.41, 5.74) is 5.52. The van der Waals surface area contributed by atoms with Crippen molar-refractivity contribution < 1.29 is 23.9 Å². The monoisotopic (exact) mass is 403 g/mol. The molecular weight excluding hydrogens is 382 g/mol. The second-order valence-electron chi connectivity index (χ2n) is 6.18. The number of methoxy groups -OCH3 is 1. The molecule has 0 unspecified atom stereocenters. The first kappa shape index (κ1) is 19.7. The number of nitrogens with two attached hydrogens (primary N) is 1. The molecule has 1 aliphatic heterocycles. The van der Waals surface area contributed by atoms with E-state index in [0.717, 1.165) is 0 Å². The maximum Gasteiger partial charge on any atom is 0.264 e. The molecule has 0 aliphatic carbocycles. The van der Waals surface area contributed by atoms with Crippen molar-refractivity contribution in [3.63, 3.8) is 0 Å². The van der Waals surface area contributed by atoms with Gasteiger partial charge in [0.2, 0.25) is 0 Å². The van der Waals surface area contributed by atoms with Gasteiger partial charge >= 0.3 is 0 Å². The van der Waals surface area contributed by atoms with Gasteiger partial charge in [0.1, 0.15) is 0 Å². The van der Waals surface area contributed by atoms with Crippen molar-refractivity contribution in [3.05, 3.63) is 46.2 Å². The van der Waals surface area contributed by atoms with Gasteiger partial charge in [-0.15, -0.1) is 11.3 Å². The summed E-state index contributed by atoms with van der Waals surface area (Å²) in [5, 5.41) is 1.87. The van der Waals surface area contributed by atoms with Crippen LogP contribution in [0.15, 0.2) is 35.7 Å². The molecule has 3 amide bonds. The number of carbonyl (C=O) groups is 3. The Bertz CT molecular complexity index is 860. The Morgan fingerprint density at radius 3 is 2.29 bits per heavy atom. The lowest BCUT2D eigenvalue weighted by atomic mass is 10.1. The highest BCUT2D eigenvalue weighted by atomic mass is 32.1. The lowest BCUT2D eigenvalue weighted by Gasteiger charge is -2.34. The van der Waals surface area contributed by atoms with Gasteiger partial charge in [0.05, 0.1) is 12.0 Å². The molecule has 2 N–H and O–H groups in total. The molecule has 148 valence electrons. The minimum Gasteiger partial charge on any atom is -0.493 e. The Balaban J connectivity index is 1.63. The Morgan fingerprint density at radius 2 is 1.71 bits per heavy atom. The van der Waals surface area contributed by atoms with Crippen LogP contribution >= 0.6 is 11.3 Å². The maximum absolute atomic E-state index is 12.8. The highest BCUT2D eigenvalue weighted by Gasteiger charge is 2.26. The van der Waals surface area contributed by atoms with Gasteiger partial charge in [0, 0.05) is 31.7 Å². The van der Waals surface area contributed by atoms with E-state index >= 15 is 0 Å². The Hall–Kier alpha value is -3.07. The molecule has 2 aromatic rings. The van der Waals surface area contributed by atoms with Crippen molar-refractivity contribution in [2.45, 2.75) is 0 Å². The average molecular weight is 403 g/mol. The fraction of sp³-hybridized carbons (Fsp3) is 0.316. The lowest BCUT2D eigenvalue weighted by molar-refractivity contribution is -0.119. The molecule has 0 atom stereocenters. The van der Waals surface area contributed by atoms with E-state index in [2.05, 4.69) is 0 Å². The van der Waals surface area contributed by atoms with E-state index < -0.39 is 5.91 Å². The van der Waals surface area contributed by atoms with Gasteiger partial charge in [-0.25, -0.2) is 0 Å². The minimum atomic E-state index is -0.600. The molecule has 0 bridgehead atoms. The maximum atomic E-state index is 12.8. The van der Waals surface area contributed by atoms with Gasteiger partial charge in [-0.1, -0.05) is 6.07 Å². The number of primary amides is 1. The largest absolute Gasteiger partial charge is 0.493 e. The number of rotatable bonds is 6. The SMILES string of the molecule is COc1cc(C(=O)N2CCN(C(=O)c3cccs3)CC2)ccc1OCC(N)=O. The fourth-order valence-electron chi connectivity index (χ4n) is 2.92. The first-order valence-corrected chi connectivity index (χ1v) is 9.58. The number of hydrogen-bond acceptors (Lipinski definition) is 6. The number of hydrogen-bond donors (Lipinski definition) is 1. The van der Waals surface area contributed by atoms with Crippen LogP contribution in [0.4, 0.5) is 0 Å². The van der Waals surface area contributed by atoms with Crippen LogP contribution in [0, 0.1) is 0 Å². The number of carbonyl (C=O) groups excluding carboxylic acids is 3. The first-order valence-electron chi connectivity index (χ1n) is 8.71. The molecule has 9 heteroatoms. The Morgan fingerprint density at radius 1 is 1.04 bits per heavy atom. The van der Waals surface area contributed by atoms with Crippen molar-refractivity contribution in [2.75, 3.05) is 39.9 Å². The number of nitrogens with zero attached hydrogens (tertiary/aromatic N) is 2. The van der Waals surface area contributed by atoms with Gasteiger partial charge in [-0.3, -0.25) is 14.4 Å². The first-order chi connectivity index (χ1) is 13.5. The summed E-state index contributed by atoms with van der Waals surface area (Å²) >= 11 is 1.41. The molecule has 1 aromatic carbocycles. The van der Waals surface area contributed by atoms with E-state index in [4.69, 9.17) is 15.2 Å². The van der Waals surface area contributed by atoms with E-state index in [1.807, 2.05) is 11.4 Å². The van der Waals surface area contributed by atoms with Crippen LogP contribution in [0.25, 0.3) is 0 Å². The smallest absolute Gasteiger partial charge is 0.264 e. The fourth-order valence-corrected chi connectivity index (χ4v) is 3.61. The third kappa shape index (κ3) is 4.42. The normalized spacial score (nSPS) is 13.9. The number of piperazine rings is 1. The third-order valence-electron chi connectivity index (χ3n) is 4.37. The highest BCUT2D eigenvalue weighted by molar-refractivity contribution is 7.12. The molecule has 8 nitrogen and oxygen atoms in total. The topological polar surface area (TPSA) is 102 Å². The summed E-state index contributed by atoms with van der Waals surface area (Å²) in [7, 11) is 1.45. The van der Waals surface area contributed by atoms with Crippen LogP contribution < -0.4 is 15.2 Å². The molecular formula is C19H21N3O5S. The van der Waals surface area contributed by atoms with Gasteiger partial charge in [-0.2, -0.15) is 0 Å². The van der Waals surface area contributed by atoms with E-state index in [-0.39, 0.29) is 18.4 Å². The average Bonchev–Trinajstić information content (AvgIpc) is 3.26. The summed E-state index contributed by atoms with van der Waals surface area (Å²) < 4.78 is 10.5. The van der Waals surface area contributed by atoms with Gasteiger partial charge < -0.3 is 25.0 Å². The number of benzene rings is 1. The van der Waals surface area contributed by atoms with Crippen molar-refractivity contribution >= 4 is 29.1 Å². The minimum absolute atomic E-state index is 0.000259. The second kappa shape index (κ2) is 8.75. The highest BCUT2D eigenvalue weighted by Crippen LogP contribution is 2.28. The second-order valence-corrected chi connectivity index (χ2v) is 7.13. The van der Waals surface area contributed by atoms with E-state index in [1.54, 1.807) is 34.1 Å². The number of amides is 3. The summed E-state index contributed by atoms with van der Waals surface area (Å²) in [4.78, 5) is 40.3. The number of ether oxygens (including phenoxy) is 2. The standard InChI is InChI=1S/C19H21N3O5S/c1-26-15-11-13(4-5-14(15)27-12-17(20)23)18(24)21-6-8-22(9-7-21)19(25)16-3-2-10-28-16/h2-5,10-11H,6-9,12H2,1H3,(H2,20,23). The Labute approximate surface area is 166 Å². The zero-order valence-corrected chi connectivity index (χ0v) is 16.2. The van der Waals surface area contributed by atoms with Crippen LogP contribution in [0.1, 0.15) is 20.0 Å². The summed E-state index contributed by atoms with van der Waals surface area (Å²) in [6.07, 6.45) is 0. The molecule has 1 fully saturated rings. The van der Waals surface area contributed by atoms with E-state index in [0.29, 0.717) is 48.1 Å². The van der Waals surface area contributed by atoms with Crippen LogP contribution in [0.3, 0.4) is 0 Å². The predicted molar refractivity (Wildman–Crippen MR) is 104 cm³/mol. The van der Waals surface area contributed by atoms with Crippen molar-refractivity contribution in [1.29, 1.82) is 0 Å². The molecule has 2 heterocycles. The molecule has 0 spiro atoms. The van der Waals surface area contributed by atoms with Crippen LogP contribution in [-0.4, -0.2) is 67.4 Å². The van der Waals surface area contributed by atoms with Gasteiger partial charge in [-0.05, 0) is 29.6 Å². The van der Waals surface area contributed by atoms with Gasteiger partial charge in [0.25, 0.3) is 17.7 Å². The predicted octanol–water partition coefficient (Wildman–Crippen LogP) is 1.22. The Kier molecular flexibility index (Phi) is 6.15. The lowest BCUT2D eigenvalue weighted by Crippen LogP contribution is -2.50. The summed E-state index contributed by atoms with van der Waals surface area (Å²) in [6, 6.07) is 8.41. The molecule has 3 rings (SSSR count). The van der Waals surface area contributed by atoms with Crippen molar-refractivity contribution in [3.8, 4) is 11.5 Å². The summed E-state index contributed by atoms with van der Waals surface area (Å²) in [6.45, 7) is 1.61. The molecule has 0 saturated carbocycles. The van der Waals surface area contributed by atoms with Crippen LogP contribution in [-0.2, 0) is 4.79 Å². The summed E-state index contributed by atoms with van der Waals surface area (Å²) in [5.74, 6) is -0.0670.